The van der Waals surface area contributed by atoms with Crippen molar-refractivity contribution in [3.05, 3.63) is 50.4 Å². The SMILES string of the molecule is COc1ccc(C(=O)NCCc2cc(OC)c(OC)cc2Br)cc1Br. The van der Waals surface area contributed by atoms with Crippen molar-refractivity contribution in [1.82, 2.24) is 5.32 Å². The minimum Gasteiger partial charge on any atom is -0.496 e. The predicted molar refractivity (Wildman–Crippen MR) is 104 cm³/mol. The van der Waals surface area contributed by atoms with E-state index in [9.17, 15) is 4.79 Å². The molecule has 2 aromatic rings. The summed E-state index contributed by atoms with van der Waals surface area (Å²) in [5.41, 5.74) is 1.59. The first-order valence-corrected chi connectivity index (χ1v) is 9.11. The smallest absolute Gasteiger partial charge is 0.251 e. The van der Waals surface area contributed by atoms with E-state index in [-0.39, 0.29) is 5.91 Å². The molecule has 0 aliphatic rings. The van der Waals surface area contributed by atoms with Crippen LogP contribution in [0.2, 0.25) is 0 Å². The fourth-order valence-corrected chi connectivity index (χ4v) is 3.37. The summed E-state index contributed by atoms with van der Waals surface area (Å²) in [6, 6.07) is 8.98. The van der Waals surface area contributed by atoms with E-state index in [1.165, 1.54) is 0 Å². The predicted octanol–water partition coefficient (Wildman–Crippen LogP) is 4.21. The van der Waals surface area contributed by atoms with Gasteiger partial charge in [0.25, 0.3) is 5.91 Å². The molecule has 0 heterocycles. The van der Waals surface area contributed by atoms with Gasteiger partial charge in [-0.15, -0.1) is 0 Å². The number of nitrogens with one attached hydrogen (secondary N) is 1. The van der Waals surface area contributed by atoms with Crippen LogP contribution in [0, 0.1) is 0 Å². The maximum absolute atomic E-state index is 12.3. The standard InChI is InChI=1S/C18H19Br2NO4/c1-23-15-5-4-12(8-14(15)20)18(22)21-7-6-11-9-16(24-2)17(25-3)10-13(11)19/h4-5,8-10H,6-7H2,1-3H3,(H,21,22). The Morgan fingerprint density at radius 2 is 1.56 bits per heavy atom. The Hall–Kier alpha value is -1.73. The Morgan fingerprint density at radius 3 is 2.16 bits per heavy atom. The van der Waals surface area contributed by atoms with E-state index in [4.69, 9.17) is 14.2 Å². The number of benzene rings is 2. The van der Waals surface area contributed by atoms with Crippen LogP contribution < -0.4 is 19.5 Å². The largest absolute Gasteiger partial charge is 0.496 e. The number of hydrogen-bond acceptors (Lipinski definition) is 4. The highest BCUT2D eigenvalue weighted by Gasteiger charge is 2.11. The van der Waals surface area contributed by atoms with Gasteiger partial charge < -0.3 is 19.5 Å². The number of carbonyl (C=O) groups excluding carboxylic acids is 1. The van der Waals surface area contributed by atoms with Crippen molar-refractivity contribution < 1.29 is 19.0 Å². The van der Waals surface area contributed by atoms with Crippen LogP contribution in [0.5, 0.6) is 17.2 Å². The van der Waals surface area contributed by atoms with Crippen molar-refractivity contribution in [3.8, 4) is 17.2 Å². The molecule has 0 aliphatic carbocycles. The number of ether oxygens (including phenoxy) is 3. The Balaban J connectivity index is 2.00. The van der Waals surface area contributed by atoms with E-state index < -0.39 is 0 Å². The van der Waals surface area contributed by atoms with Crippen LogP contribution >= 0.6 is 31.9 Å². The lowest BCUT2D eigenvalue weighted by Gasteiger charge is -2.12. The first-order chi connectivity index (χ1) is 12.0. The van der Waals surface area contributed by atoms with E-state index in [2.05, 4.69) is 37.2 Å². The fraction of sp³-hybridized carbons (Fsp3) is 0.278. The first kappa shape index (κ1) is 19.6. The van der Waals surface area contributed by atoms with Gasteiger partial charge in [0.05, 0.1) is 25.8 Å². The molecule has 0 unspecified atom stereocenters. The highest BCUT2D eigenvalue weighted by atomic mass is 79.9. The molecular weight excluding hydrogens is 454 g/mol. The van der Waals surface area contributed by atoms with Crippen molar-refractivity contribution in [2.45, 2.75) is 6.42 Å². The maximum Gasteiger partial charge on any atom is 0.251 e. The molecule has 0 radical (unpaired) electrons. The number of carbonyl (C=O) groups is 1. The molecule has 7 heteroatoms. The zero-order valence-electron chi connectivity index (χ0n) is 14.2. The van der Waals surface area contributed by atoms with Crippen molar-refractivity contribution in [2.75, 3.05) is 27.9 Å². The summed E-state index contributed by atoms with van der Waals surface area (Å²) >= 11 is 6.90. The van der Waals surface area contributed by atoms with E-state index in [0.29, 0.717) is 35.8 Å². The third-order valence-electron chi connectivity index (χ3n) is 3.65. The van der Waals surface area contributed by atoms with Gasteiger partial charge in [0.1, 0.15) is 5.75 Å². The van der Waals surface area contributed by atoms with Crippen molar-refractivity contribution in [3.63, 3.8) is 0 Å². The molecule has 0 aliphatic heterocycles. The number of halogens is 2. The van der Waals surface area contributed by atoms with Gasteiger partial charge in [-0.1, -0.05) is 15.9 Å². The summed E-state index contributed by atoms with van der Waals surface area (Å²) in [5.74, 6) is 1.86. The van der Waals surface area contributed by atoms with Gasteiger partial charge in [-0.3, -0.25) is 4.79 Å². The summed E-state index contributed by atoms with van der Waals surface area (Å²) in [4.78, 5) is 12.3. The lowest BCUT2D eigenvalue weighted by atomic mass is 10.1. The molecule has 2 aromatic carbocycles. The van der Waals surface area contributed by atoms with Gasteiger partial charge in [-0.05, 0) is 58.2 Å². The fourth-order valence-electron chi connectivity index (χ4n) is 2.31. The van der Waals surface area contributed by atoms with E-state index in [1.807, 2.05) is 12.1 Å². The van der Waals surface area contributed by atoms with Crippen LogP contribution in [0.4, 0.5) is 0 Å². The van der Waals surface area contributed by atoms with Gasteiger partial charge in [-0.25, -0.2) is 0 Å². The molecule has 5 nitrogen and oxygen atoms in total. The van der Waals surface area contributed by atoms with Crippen LogP contribution in [-0.4, -0.2) is 33.8 Å². The van der Waals surface area contributed by atoms with Crippen LogP contribution in [0.15, 0.2) is 39.3 Å². The number of methoxy groups -OCH3 is 3. The zero-order valence-corrected chi connectivity index (χ0v) is 17.4. The van der Waals surface area contributed by atoms with Crippen LogP contribution in [0.25, 0.3) is 0 Å². The molecule has 0 aromatic heterocycles. The van der Waals surface area contributed by atoms with E-state index in [1.54, 1.807) is 39.5 Å². The monoisotopic (exact) mass is 471 g/mol. The highest BCUT2D eigenvalue weighted by molar-refractivity contribution is 9.10. The third-order valence-corrected chi connectivity index (χ3v) is 5.00. The van der Waals surface area contributed by atoms with Gasteiger partial charge in [0.15, 0.2) is 11.5 Å². The van der Waals surface area contributed by atoms with Crippen molar-refractivity contribution in [2.24, 2.45) is 0 Å². The molecule has 134 valence electrons. The minimum atomic E-state index is -0.139. The topological polar surface area (TPSA) is 56.8 Å². The Bertz CT molecular complexity index is 765. The van der Waals surface area contributed by atoms with Gasteiger partial charge >= 0.3 is 0 Å². The van der Waals surface area contributed by atoms with Gasteiger partial charge in [-0.2, -0.15) is 0 Å². The third kappa shape index (κ3) is 4.89. The van der Waals surface area contributed by atoms with E-state index >= 15 is 0 Å². The molecule has 1 N–H and O–H groups in total. The Kier molecular flexibility index (Phi) is 7.13. The second kappa shape index (κ2) is 9.10. The summed E-state index contributed by atoms with van der Waals surface area (Å²) in [6.45, 7) is 0.497. The lowest BCUT2D eigenvalue weighted by molar-refractivity contribution is 0.0954. The quantitative estimate of drug-likeness (QED) is 0.655. The average molecular weight is 473 g/mol. The second-order valence-corrected chi connectivity index (χ2v) is 6.86. The molecule has 0 spiro atoms. The molecule has 0 fully saturated rings. The lowest BCUT2D eigenvalue weighted by Crippen LogP contribution is -2.25. The first-order valence-electron chi connectivity index (χ1n) is 7.52. The number of hydrogen-bond donors (Lipinski definition) is 1. The molecule has 0 saturated heterocycles. The normalized spacial score (nSPS) is 10.3. The van der Waals surface area contributed by atoms with Crippen LogP contribution in [0.1, 0.15) is 15.9 Å². The van der Waals surface area contributed by atoms with Crippen molar-refractivity contribution >= 4 is 37.8 Å². The number of rotatable bonds is 7. The maximum atomic E-state index is 12.3. The minimum absolute atomic E-state index is 0.139. The van der Waals surface area contributed by atoms with Crippen LogP contribution in [0.3, 0.4) is 0 Å². The summed E-state index contributed by atoms with van der Waals surface area (Å²) < 4.78 is 17.4. The van der Waals surface area contributed by atoms with Crippen molar-refractivity contribution in [1.29, 1.82) is 0 Å². The summed E-state index contributed by atoms with van der Waals surface area (Å²) in [7, 11) is 4.77. The molecule has 0 bridgehead atoms. The Labute approximate surface area is 163 Å². The second-order valence-electron chi connectivity index (χ2n) is 5.15. The molecule has 2 rings (SSSR count). The number of amides is 1. The zero-order chi connectivity index (χ0) is 18.4. The summed E-state index contributed by atoms with van der Waals surface area (Å²) in [6.07, 6.45) is 0.657. The molecule has 0 saturated carbocycles. The summed E-state index contributed by atoms with van der Waals surface area (Å²) in [5, 5.41) is 2.91. The highest BCUT2D eigenvalue weighted by Crippen LogP contribution is 2.33. The average Bonchev–Trinajstić information content (AvgIpc) is 2.62. The van der Waals surface area contributed by atoms with Crippen LogP contribution in [-0.2, 0) is 6.42 Å². The van der Waals surface area contributed by atoms with Gasteiger partial charge in [0, 0.05) is 16.6 Å². The van der Waals surface area contributed by atoms with Gasteiger partial charge in [0.2, 0.25) is 0 Å². The molecule has 0 atom stereocenters. The van der Waals surface area contributed by atoms with E-state index in [0.717, 1.165) is 14.5 Å². The Morgan fingerprint density at radius 1 is 0.920 bits per heavy atom. The molecule has 25 heavy (non-hydrogen) atoms. The molecular formula is C18H19Br2NO4. The molecule has 1 amide bonds.